The predicted octanol–water partition coefficient (Wildman–Crippen LogP) is 0.820. The fourth-order valence-corrected chi connectivity index (χ4v) is 2.15. The summed E-state index contributed by atoms with van der Waals surface area (Å²) in [6.07, 6.45) is 4.85. The van der Waals surface area contributed by atoms with Crippen LogP contribution in [0.4, 0.5) is 0 Å². The summed E-state index contributed by atoms with van der Waals surface area (Å²) in [5.74, 6) is 0.626. The molecule has 2 atom stereocenters. The maximum absolute atomic E-state index is 12.0. The van der Waals surface area contributed by atoms with E-state index in [2.05, 4.69) is 11.9 Å². The van der Waals surface area contributed by atoms with Gasteiger partial charge in [0.15, 0.2) is 0 Å². The van der Waals surface area contributed by atoms with Crippen molar-refractivity contribution >= 4 is 5.91 Å². The summed E-state index contributed by atoms with van der Waals surface area (Å²) in [6, 6.07) is 4.04. The number of pyridine rings is 1. The molecule has 92 valence electrons. The van der Waals surface area contributed by atoms with Crippen LogP contribution in [0.15, 0.2) is 24.5 Å². The average Bonchev–Trinajstić information content (AvgIpc) is 2.68. The number of amides is 1. The first-order valence-electron chi connectivity index (χ1n) is 6.09. The Hall–Kier alpha value is -1.42. The highest BCUT2D eigenvalue weighted by molar-refractivity contribution is 5.76. The normalized spacial score (nSPS) is 24.0. The molecule has 1 aliphatic rings. The number of carbonyl (C=O) groups excluding carboxylic acids is 1. The second-order valence-corrected chi connectivity index (χ2v) is 4.80. The molecule has 0 saturated carbocycles. The molecule has 1 aromatic rings. The van der Waals surface area contributed by atoms with Gasteiger partial charge in [-0.2, -0.15) is 0 Å². The number of hydrogen-bond acceptors (Lipinski definition) is 3. The van der Waals surface area contributed by atoms with E-state index in [1.54, 1.807) is 12.4 Å². The minimum atomic E-state index is 0.139. The van der Waals surface area contributed by atoms with Gasteiger partial charge < -0.3 is 10.6 Å². The molecule has 1 aromatic heterocycles. The third-order valence-corrected chi connectivity index (χ3v) is 3.40. The highest BCUT2D eigenvalue weighted by atomic mass is 16.2. The zero-order valence-corrected chi connectivity index (χ0v) is 10.2. The molecule has 2 N–H and O–H groups in total. The van der Waals surface area contributed by atoms with Crippen LogP contribution >= 0.6 is 0 Å². The van der Waals surface area contributed by atoms with Gasteiger partial charge in [0.2, 0.25) is 5.91 Å². The van der Waals surface area contributed by atoms with E-state index in [-0.39, 0.29) is 11.9 Å². The smallest absolute Gasteiger partial charge is 0.222 e. The predicted molar refractivity (Wildman–Crippen MR) is 66.3 cm³/mol. The molecule has 4 heteroatoms. The van der Waals surface area contributed by atoms with Crippen molar-refractivity contribution < 1.29 is 4.79 Å². The van der Waals surface area contributed by atoms with Gasteiger partial charge in [-0.3, -0.25) is 9.78 Å². The summed E-state index contributed by atoms with van der Waals surface area (Å²) in [5.41, 5.74) is 7.07. The molecule has 0 aromatic carbocycles. The Kier molecular flexibility index (Phi) is 3.74. The monoisotopic (exact) mass is 233 g/mol. The first-order chi connectivity index (χ1) is 8.16. The Morgan fingerprint density at radius 1 is 1.47 bits per heavy atom. The summed E-state index contributed by atoms with van der Waals surface area (Å²) >= 11 is 0. The Labute approximate surface area is 102 Å². The SMILES string of the molecule is CC1CN(C(=O)CCc2ccncc2)CC1N. The minimum Gasteiger partial charge on any atom is -0.341 e. The van der Waals surface area contributed by atoms with Gasteiger partial charge in [-0.05, 0) is 30.0 Å². The number of nitrogens with two attached hydrogens (primary N) is 1. The van der Waals surface area contributed by atoms with Gasteiger partial charge in [0.1, 0.15) is 0 Å². The minimum absolute atomic E-state index is 0.139. The molecule has 4 nitrogen and oxygen atoms in total. The lowest BCUT2D eigenvalue weighted by molar-refractivity contribution is -0.130. The summed E-state index contributed by atoms with van der Waals surface area (Å²) in [5, 5.41) is 0. The average molecular weight is 233 g/mol. The van der Waals surface area contributed by atoms with Gasteiger partial charge in [-0.15, -0.1) is 0 Å². The van der Waals surface area contributed by atoms with Crippen LogP contribution in [0.25, 0.3) is 0 Å². The van der Waals surface area contributed by atoms with Crippen molar-refractivity contribution in [2.24, 2.45) is 11.7 Å². The van der Waals surface area contributed by atoms with E-state index < -0.39 is 0 Å². The number of aromatic nitrogens is 1. The van der Waals surface area contributed by atoms with Crippen molar-refractivity contribution in [2.75, 3.05) is 13.1 Å². The maximum atomic E-state index is 12.0. The quantitative estimate of drug-likeness (QED) is 0.841. The molecule has 0 spiro atoms. The van der Waals surface area contributed by atoms with Crippen LogP contribution in [0.2, 0.25) is 0 Å². The van der Waals surface area contributed by atoms with Crippen LogP contribution in [0.1, 0.15) is 18.9 Å². The van der Waals surface area contributed by atoms with Gasteiger partial charge in [-0.25, -0.2) is 0 Å². The van der Waals surface area contributed by atoms with Crippen molar-refractivity contribution in [3.8, 4) is 0 Å². The van der Waals surface area contributed by atoms with Crippen LogP contribution < -0.4 is 5.73 Å². The zero-order chi connectivity index (χ0) is 12.3. The number of nitrogens with zero attached hydrogens (tertiary/aromatic N) is 2. The number of hydrogen-bond donors (Lipinski definition) is 1. The standard InChI is InChI=1S/C13H19N3O/c1-10-8-16(9-12(10)14)13(17)3-2-11-4-6-15-7-5-11/h4-7,10,12H,2-3,8-9,14H2,1H3. The van der Waals surface area contributed by atoms with E-state index in [4.69, 9.17) is 5.73 Å². The number of carbonyl (C=O) groups is 1. The van der Waals surface area contributed by atoms with Gasteiger partial charge in [-0.1, -0.05) is 6.92 Å². The Morgan fingerprint density at radius 3 is 2.76 bits per heavy atom. The lowest BCUT2D eigenvalue weighted by Gasteiger charge is -2.15. The van der Waals surface area contributed by atoms with Crippen molar-refractivity contribution in [1.82, 2.24) is 9.88 Å². The number of aryl methyl sites for hydroxylation is 1. The maximum Gasteiger partial charge on any atom is 0.222 e. The van der Waals surface area contributed by atoms with Gasteiger partial charge >= 0.3 is 0 Å². The molecule has 0 bridgehead atoms. The number of likely N-dealkylation sites (tertiary alicyclic amines) is 1. The lowest BCUT2D eigenvalue weighted by Crippen LogP contribution is -2.32. The molecule has 1 fully saturated rings. The Bertz CT molecular complexity index is 370. The fraction of sp³-hybridized carbons (Fsp3) is 0.538. The second-order valence-electron chi connectivity index (χ2n) is 4.80. The van der Waals surface area contributed by atoms with Crippen LogP contribution in [-0.2, 0) is 11.2 Å². The molecular weight excluding hydrogens is 214 g/mol. The molecule has 17 heavy (non-hydrogen) atoms. The van der Waals surface area contributed by atoms with E-state index in [0.717, 1.165) is 18.5 Å². The molecule has 2 heterocycles. The molecule has 1 amide bonds. The summed E-state index contributed by atoms with van der Waals surface area (Å²) in [6.45, 7) is 3.60. The second kappa shape index (κ2) is 5.27. The van der Waals surface area contributed by atoms with Crippen molar-refractivity contribution in [3.63, 3.8) is 0 Å². The van der Waals surface area contributed by atoms with Crippen LogP contribution in [0, 0.1) is 5.92 Å². The first-order valence-corrected chi connectivity index (χ1v) is 6.09. The van der Waals surface area contributed by atoms with Crippen molar-refractivity contribution in [1.29, 1.82) is 0 Å². The summed E-state index contributed by atoms with van der Waals surface area (Å²) in [7, 11) is 0. The van der Waals surface area contributed by atoms with Crippen LogP contribution in [0.3, 0.4) is 0 Å². The van der Waals surface area contributed by atoms with Gasteiger partial charge in [0.05, 0.1) is 0 Å². The van der Waals surface area contributed by atoms with E-state index in [9.17, 15) is 4.79 Å². The first kappa shape index (κ1) is 12.0. The van der Waals surface area contributed by atoms with Gasteiger partial charge in [0, 0.05) is 37.9 Å². The van der Waals surface area contributed by atoms with Crippen LogP contribution in [0.5, 0.6) is 0 Å². The largest absolute Gasteiger partial charge is 0.341 e. The molecular formula is C13H19N3O. The summed E-state index contributed by atoms with van der Waals surface area (Å²) < 4.78 is 0. The molecule has 0 aliphatic carbocycles. The van der Waals surface area contributed by atoms with Crippen molar-refractivity contribution in [3.05, 3.63) is 30.1 Å². The molecule has 1 aliphatic heterocycles. The highest BCUT2D eigenvalue weighted by Gasteiger charge is 2.29. The van der Waals surface area contributed by atoms with Gasteiger partial charge in [0.25, 0.3) is 0 Å². The van der Waals surface area contributed by atoms with E-state index in [0.29, 0.717) is 18.9 Å². The number of rotatable bonds is 3. The molecule has 1 saturated heterocycles. The molecule has 2 rings (SSSR count). The molecule has 2 unspecified atom stereocenters. The van der Waals surface area contributed by atoms with Crippen LogP contribution in [-0.4, -0.2) is 34.9 Å². The van der Waals surface area contributed by atoms with E-state index >= 15 is 0 Å². The van der Waals surface area contributed by atoms with Crippen molar-refractivity contribution in [2.45, 2.75) is 25.8 Å². The van der Waals surface area contributed by atoms with E-state index in [1.807, 2.05) is 17.0 Å². The topological polar surface area (TPSA) is 59.2 Å². The third kappa shape index (κ3) is 3.03. The zero-order valence-electron chi connectivity index (χ0n) is 10.2. The highest BCUT2D eigenvalue weighted by Crippen LogP contribution is 2.16. The Morgan fingerprint density at radius 2 is 2.18 bits per heavy atom. The fourth-order valence-electron chi connectivity index (χ4n) is 2.15. The Balaban J connectivity index is 1.82. The molecule has 0 radical (unpaired) electrons. The summed E-state index contributed by atoms with van der Waals surface area (Å²) in [4.78, 5) is 17.8. The lowest BCUT2D eigenvalue weighted by atomic mass is 10.1. The third-order valence-electron chi connectivity index (χ3n) is 3.40. The van der Waals surface area contributed by atoms with E-state index in [1.165, 1.54) is 0 Å².